The Balaban J connectivity index is 2.34. The van der Waals surface area contributed by atoms with Gasteiger partial charge in [0.1, 0.15) is 5.82 Å². The number of nitrogens with two attached hydrogens (primary N) is 1. The summed E-state index contributed by atoms with van der Waals surface area (Å²) in [5, 5.41) is 8.34. The van der Waals surface area contributed by atoms with E-state index < -0.39 is 0 Å². The zero-order valence-electron chi connectivity index (χ0n) is 9.14. The molecule has 0 atom stereocenters. The predicted octanol–water partition coefficient (Wildman–Crippen LogP) is 2.77. The van der Waals surface area contributed by atoms with Crippen molar-refractivity contribution in [2.24, 2.45) is 0 Å². The fraction of sp³-hybridized carbons (Fsp3) is 0. The summed E-state index contributed by atoms with van der Waals surface area (Å²) >= 11 is 5.93. The maximum absolute atomic E-state index is 13.7. The lowest BCUT2D eigenvalue weighted by atomic mass is 10.2. The highest BCUT2D eigenvalue weighted by Crippen LogP contribution is 2.25. The molecule has 90 valence electrons. The SMILES string of the molecule is Nc1cc(Cl)cn2c(-c3ccccc3F)nnc12. The van der Waals surface area contributed by atoms with Crippen molar-refractivity contribution in [3.63, 3.8) is 0 Å². The van der Waals surface area contributed by atoms with E-state index in [-0.39, 0.29) is 5.82 Å². The number of rotatable bonds is 1. The largest absolute Gasteiger partial charge is 0.396 e. The second kappa shape index (κ2) is 3.96. The van der Waals surface area contributed by atoms with Crippen LogP contribution >= 0.6 is 11.6 Å². The summed E-state index contributed by atoms with van der Waals surface area (Å²) < 4.78 is 15.3. The van der Waals surface area contributed by atoms with E-state index in [9.17, 15) is 4.39 Å². The molecule has 0 spiro atoms. The molecule has 2 aromatic heterocycles. The number of hydrogen-bond acceptors (Lipinski definition) is 3. The highest BCUT2D eigenvalue weighted by molar-refractivity contribution is 6.30. The van der Waals surface area contributed by atoms with E-state index >= 15 is 0 Å². The molecule has 3 rings (SSSR count). The number of fused-ring (bicyclic) bond motifs is 1. The van der Waals surface area contributed by atoms with Crippen LogP contribution in [0.3, 0.4) is 0 Å². The third-order valence-electron chi connectivity index (χ3n) is 2.61. The Bertz CT molecular complexity index is 738. The normalized spacial score (nSPS) is 11.0. The van der Waals surface area contributed by atoms with Crippen molar-refractivity contribution in [3.8, 4) is 11.4 Å². The fourth-order valence-electron chi connectivity index (χ4n) is 1.81. The molecular weight excluding hydrogens is 255 g/mol. The molecule has 0 amide bonds. The summed E-state index contributed by atoms with van der Waals surface area (Å²) in [7, 11) is 0. The van der Waals surface area contributed by atoms with Crippen LogP contribution in [0.25, 0.3) is 17.0 Å². The maximum atomic E-state index is 13.7. The van der Waals surface area contributed by atoms with Crippen molar-refractivity contribution in [2.45, 2.75) is 0 Å². The van der Waals surface area contributed by atoms with Crippen LogP contribution in [-0.4, -0.2) is 14.6 Å². The summed E-state index contributed by atoms with van der Waals surface area (Å²) in [6.45, 7) is 0. The van der Waals surface area contributed by atoms with Gasteiger partial charge >= 0.3 is 0 Å². The molecule has 0 fully saturated rings. The van der Waals surface area contributed by atoms with Gasteiger partial charge in [0.2, 0.25) is 0 Å². The van der Waals surface area contributed by atoms with Crippen LogP contribution in [-0.2, 0) is 0 Å². The number of benzene rings is 1. The molecule has 4 nitrogen and oxygen atoms in total. The number of aromatic nitrogens is 3. The Labute approximate surface area is 107 Å². The van der Waals surface area contributed by atoms with Crippen molar-refractivity contribution >= 4 is 22.9 Å². The van der Waals surface area contributed by atoms with Gasteiger partial charge in [0.05, 0.1) is 16.3 Å². The lowest BCUT2D eigenvalue weighted by Crippen LogP contribution is -1.95. The topological polar surface area (TPSA) is 56.2 Å². The van der Waals surface area contributed by atoms with E-state index in [1.165, 1.54) is 6.07 Å². The predicted molar refractivity (Wildman–Crippen MR) is 67.8 cm³/mol. The quantitative estimate of drug-likeness (QED) is 0.734. The minimum atomic E-state index is -0.370. The monoisotopic (exact) mass is 262 g/mol. The van der Waals surface area contributed by atoms with Gasteiger partial charge in [-0.05, 0) is 18.2 Å². The van der Waals surface area contributed by atoms with E-state index in [0.29, 0.717) is 27.7 Å². The molecule has 0 saturated carbocycles. The summed E-state index contributed by atoms with van der Waals surface area (Å²) in [5.74, 6) is 0.00245. The lowest BCUT2D eigenvalue weighted by Gasteiger charge is -2.03. The molecule has 0 radical (unpaired) electrons. The molecule has 0 unspecified atom stereocenters. The third-order valence-corrected chi connectivity index (χ3v) is 2.82. The van der Waals surface area contributed by atoms with Crippen LogP contribution < -0.4 is 5.73 Å². The molecule has 0 saturated heterocycles. The van der Waals surface area contributed by atoms with Crippen molar-refractivity contribution in [1.82, 2.24) is 14.6 Å². The van der Waals surface area contributed by atoms with Crippen molar-refractivity contribution in [1.29, 1.82) is 0 Å². The first kappa shape index (κ1) is 11.0. The first-order valence-electron chi connectivity index (χ1n) is 5.21. The fourth-order valence-corrected chi connectivity index (χ4v) is 2.03. The Kier molecular flexibility index (Phi) is 2.41. The average Bonchev–Trinajstić information content (AvgIpc) is 2.73. The molecule has 18 heavy (non-hydrogen) atoms. The second-order valence-electron chi connectivity index (χ2n) is 3.81. The Morgan fingerprint density at radius 1 is 1.22 bits per heavy atom. The smallest absolute Gasteiger partial charge is 0.184 e. The summed E-state index contributed by atoms with van der Waals surface area (Å²) in [6.07, 6.45) is 1.61. The highest BCUT2D eigenvalue weighted by atomic mass is 35.5. The highest BCUT2D eigenvalue weighted by Gasteiger charge is 2.13. The van der Waals surface area contributed by atoms with Crippen LogP contribution in [0.15, 0.2) is 36.5 Å². The molecular formula is C12H8ClFN4. The number of nitrogen functional groups attached to an aromatic ring is 1. The van der Waals surface area contributed by atoms with Gasteiger partial charge in [0.15, 0.2) is 11.5 Å². The van der Waals surface area contributed by atoms with E-state index in [1.807, 2.05) is 0 Å². The standard InChI is InChI=1S/C12H8ClFN4/c13-7-5-10(15)12-17-16-11(18(12)6-7)8-3-1-2-4-9(8)14/h1-6H,15H2. The summed E-state index contributed by atoms with van der Waals surface area (Å²) in [5.41, 5.74) is 7.00. The van der Waals surface area contributed by atoms with Crippen LogP contribution in [0, 0.1) is 5.82 Å². The molecule has 2 heterocycles. The Hall–Kier alpha value is -2.14. The maximum Gasteiger partial charge on any atom is 0.184 e. The molecule has 2 N–H and O–H groups in total. The third kappa shape index (κ3) is 1.60. The number of nitrogens with zero attached hydrogens (tertiary/aromatic N) is 3. The summed E-state index contributed by atoms with van der Waals surface area (Å²) in [4.78, 5) is 0. The minimum absolute atomic E-state index is 0.353. The number of halogens is 2. The lowest BCUT2D eigenvalue weighted by molar-refractivity contribution is 0.629. The van der Waals surface area contributed by atoms with Gasteiger partial charge in [0, 0.05) is 6.20 Å². The van der Waals surface area contributed by atoms with E-state index in [1.54, 1.807) is 34.9 Å². The van der Waals surface area contributed by atoms with Gasteiger partial charge in [-0.15, -0.1) is 10.2 Å². The zero-order valence-corrected chi connectivity index (χ0v) is 9.89. The van der Waals surface area contributed by atoms with Gasteiger partial charge < -0.3 is 5.73 Å². The first-order valence-corrected chi connectivity index (χ1v) is 5.59. The molecule has 1 aromatic carbocycles. The van der Waals surface area contributed by atoms with Gasteiger partial charge in [-0.1, -0.05) is 23.7 Å². The van der Waals surface area contributed by atoms with Crippen LogP contribution in [0.1, 0.15) is 0 Å². The van der Waals surface area contributed by atoms with Crippen molar-refractivity contribution in [3.05, 3.63) is 47.4 Å². The number of pyridine rings is 1. The average molecular weight is 263 g/mol. The zero-order chi connectivity index (χ0) is 12.7. The van der Waals surface area contributed by atoms with Crippen LogP contribution in [0.2, 0.25) is 5.02 Å². The Morgan fingerprint density at radius 2 is 2.00 bits per heavy atom. The molecule has 3 aromatic rings. The van der Waals surface area contributed by atoms with Crippen molar-refractivity contribution in [2.75, 3.05) is 5.73 Å². The van der Waals surface area contributed by atoms with Gasteiger partial charge in [-0.3, -0.25) is 4.40 Å². The summed E-state index contributed by atoms with van der Waals surface area (Å²) in [6, 6.07) is 7.92. The van der Waals surface area contributed by atoms with Gasteiger partial charge in [0.25, 0.3) is 0 Å². The second-order valence-corrected chi connectivity index (χ2v) is 4.25. The molecule has 6 heteroatoms. The molecule has 0 aliphatic heterocycles. The number of anilines is 1. The van der Waals surface area contributed by atoms with E-state index in [0.717, 1.165) is 0 Å². The van der Waals surface area contributed by atoms with Gasteiger partial charge in [-0.2, -0.15) is 0 Å². The van der Waals surface area contributed by atoms with Gasteiger partial charge in [-0.25, -0.2) is 4.39 Å². The van der Waals surface area contributed by atoms with E-state index in [2.05, 4.69) is 10.2 Å². The minimum Gasteiger partial charge on any atom is -0.396 e. The molecule has 0 aliphatic rings. The number of hydrogen-bond donors (Lipinski definition) is 1. The van der Waals surface area contributed by atoms with E-state index in [4.69, 9.17) is 17.3 Å². The first-order chi connectivity index (χ1) is 8.66. The molecule has 0 bridgehead atoms. The Morgan fingerprint density at radius 3 is 2.78 bits per heavy atom. The van der Waals surface area contributed by atoms with Crippen LogP contribution in [0.4, 0.5) is 10.1 Å². The molecule has 0 aliphatic carbocycles. The van der Waals surface area contributed by atoms with Crippen molar-refractivity contribution < 1.29 is 4.39 Å². The van der Waals surface area contributed by atoms with Crippen LogP contribution in [0.5, 0.6) is 0 Å².